The number of aliphatic hydroxyl groups excluding tert-OH is 2. The first-order chi connectivity index (χ1) is 9.76. The highest BCUT2D eigenvalue weighted by atomic mass is 16.3. The van der Waals surface area contributed by atoms with Gasteiger partial charge < -0.3 is 15.5 Å². The second kappa shape index (κ2) is 9.98. The van der Waals surface area contributed by atoms with Gasteiger partial charge in [-0.2, -0.15) is 0 Å². The van der Waals surface area contributed by atoms with Crippen molar-refractivity contribution in [3.8, 4) is 11.8 Å². The lowest BCUT2D eigenvalue weighted by Gasteiger charge is -2.18. The van der Waals surface area contributed by atoms with Gasteiger partial charge in [0.1, 0.15) is 0 Å². The summed E-state index contributed by atoms with van der Waals surface area (Å²) < 4.78 is 0. The Labute approximate surface area is 119 Å². The van der Waals surface area contributed by atoms with E-state index >= 15 is 0 Å². The van der Waals surface area contributed by atoms with E-state index in [0.29, 0.717) is 13.1 Å². The van der Waals surface area contributed by atoms with Crippen LogP contribution in [-0.2, 0) is 4.79 Å². The Hall–Kier alpha value is -1.87. The van der Waals surface area contributed by atoms with Crippen molar-refractivity contribution in [2.24, 2.45) is 0 Å². The normalized spacial score (nSPS) is 9.95. The molecule has 0 unspecified atom stereocenters. The van der Waals surface area contributed by atoms with Gasteiger partial charge in [-0.3, -0.25) is 9.69 Å². The van der Waals surface area contributed by atoms with Crippen molar-refractivity contribution in [1.29, 1.82) is 0 Å². The fourth-order valence-corrected chi connectivity index (χ4v) is 1.62. The molecule has 0 aliphatic rings. The van der Waals surface area contributed by atoms with E-state index in [2.05, 4.69) is 17.2 Å². The van der Waals surface area contributed by atoms with Crippen molar-refractivity contribution in [1.82, 2.24) is 10.2 Å². The third-order valence-corrected chi connectivity index (χ3v) is 2.58. The lowest BCUT2D eigenvalue weighted by atomic mass is 10.2. The van der Waals surface area contributed by atoms with Crippen LogP contribution in [0.1, 0.15) is 5.56 Å². The van der Waals surface area contributed by atoms with E-state index in [-0.39, 0.29) is 32.2 Å². The summed E-state index contributed by atoms with van der Waals surface area (Å²) in [6.45, 7) is 1.07. The third kappa shape index (κ3) is 6.90. The second-order valence-electron chi connectivity index (χ2n) is 4.17. The van der Waals surface area contributed by atoms with E-state index in [9.17, 15) is 4.79 Å². The van der Waals surface area contributed by atoms with Gasteiger partial charge in [0, 0.05) is 18.7 Å². The lowest BCUT2D eigenvalue weighted by Crippen LogP contribution is -2.40. The Bertz CT molecular complexity index is 445. The number of rotatable bonds is 7. The average Bonchev–Trinajstić information content (AvgIpc) is 2.45. The van der Waals surface area contributed by atoms with Crippen LogP contribution in [0.4, 0.5) is 0 Å². The minimum absolute atomic E-state index is 0.0406. The van der Waals surface area contributed by atoms with Crippen LogP contribution >= 0.6 is 0 Å². The molecule has 1 amide bonds. The van der Waals surface area contributed by atoms with Gasteiger partial charge in [0.05, 0.1) is 26.3 Å². The van der Waals surface area contributed by atoms with E-state index < -0.39 is 0 Å². The summed E-state index contributed by atoms with van der Waals surface area (Å²) in [5.74, 6) is 5.64. The van der Waals surface area contributed by atoms with E-state index in [4.69, 9.17) is 10.2 Å². The van der Waals surface area contributed by atoms with Crippen molar-refractivity contribution >= 4 is 5.91 Å². The number of carbonyl (C=O) groups is 1. The van der Waals surface area contributed by atoms with Crippen LogP contribution in [0, 0.1) is 11.8 Å². The summed E-state index contributed by atoms with van der Waals surface area (Å²) >= 11 is 0. The van der Waals surface area contributed by atoms with Crippen LogP contribution in [0.3, 0.4) is 0 Å². The zero-order chi connectivity index (χ0) is 14.6. The zero-order valence-electron chi connectivity index (χ0n) is 11.4. The summed E-state index contributed by atoms with van der Waals surface area (Å²) in [5, 5.41) is 20.4. The molecule has 0 aliphatic heterocycles. The van der Waals surface area contributed by atoms with Gasteiger partial charge in [-0.05, 0) is 12.1 Å². The first-order valence-corrected chi connectivity index (χ1v) is 6.51. The van der Waals surface area contributed by atoms with Gasteiger partial charge in [0.15, 0.2) is 0 Å². The van der Waals surface area contributed by atoms with Gasteiger partial charge in [0.2, 0.25) is 5.91 Å². The van der Waals surface area contributed by atoms with Crippen LogP contribution < -0.4 is 5.32 Å². The molecule has 0 spiro atoms. The van der Waals surface area contributed by atoms with E-state index in [1.165, 1.54) is 0 Å². The summed E-state index contributed by atoms with van der Waals surface area (Å²) in [6, 6.07) is 9.54. The molecule has 0 aromatic heterocycles. The van der Waals surface area contributed by atoms with Gasteiger partial charge in [-0.15, -0.1) is 0 Å². The number of benzene rings is 1. The average molecular weight is 276 g/mol. The molecular weight excluding hydrogens is 256 g/mol. The van der Waals surface area contributed by atoms with Gasteiger partial charge >= 0.3 is 0 Å². The molecule has 0 saturated heterocycles. The summed E-state index contributed by atoms with van der Waals surface area (Å²) in [4.78, 5) is 13.3. The Morgan fingerprint density at radius 2 is 1.80 bits per heavy atom. The highest BCUT2D eigenvalue weighted by Gasteiger charge is 2.08. The van der Waals surface area contributed by atoms with Crippen LogP contribution in [0.15, 0.2) is 30.3 Å². The van der Waals surface area contributed by atoms with Crippen molar-refractivity contribution in [3.63, 3.8) is 0 Å². The maximum Gasteiger partial charge on any atom is 0.234 e. The van der Waals surface area contributed by atoms with Crippen molar-refractivity contribution < 1.29 is 15.0 Å². The number of nitrogens with zero attached hydrogens (tertiary/aromatic N) is 1. The SMILES string of the molecule is O=C(CN(CCO)CCO)NCC#Cc1ccccc1. The highest BCUT2D eigenvalue weighted by Crippen LogP contribution is 1.94. The molecule has 0 atom stereocenters. The van der Waals surface area contributed by atoms with Crippen LogP contribution in [0.2, 0.25) is 0 Å². The monoisotopic (exact) mass is 276 g/mol. The standard InChI is InChI=1S/C15H20N2O3/c18-11-9-17(10-12-19)13-15(20)16-8-4-7-14-5-2-1-3-6-14/h1-3,5-6,18-19H,8-13H2,(H,16,20). The number of hydrogen-bond acceptors (Lipinski definition) is 4. The maximum atomic E-state index is 11.6. The first-order valence-electron chi connectivity index (χ1n) is 6.51. The largest absolute Gasteiger partial charge is 0.395 e. The Morgan fingerprint density at radius 1 is 1.15 bits per heavy atom. The van der Waals surface area contributed by atoms with Gasteiger partial charge in [-0.1, -0.05) is 30.0 Å². The fourth-order valence-electron chi connectivity index (χ4n) is 1.62. The van der Waals surface area contributed by atoms with Crippen LogP contribution in [0.5, 0.6) is 0 Å². The lowest BCUT2D eigenvalue weighted by molar-refractivity contribution is -0.122. The minimum atomic E-state index is -0.172. The summed E-state index contributed by atoms with van der Waals surface area (Å²) in [7, 11) is 0. The molecular formula is C15H20N2O3. The van der Waals surface area contributed by atoms with Crippen molar-refractivity contribution in [3.05, 3.63) is 35.9 Å². The predicted octanol–water partition coefficient (Wildman–Crippen LogP) is -0.559. The second-order valence-corrected chi connectivity index (χ2v) is 4.17. The van der Waals surface area contributed by atoms with Crippen LogP contribution in [0.25, 0.3) is 0 Å². The summed E-state index contributed by atoms with van der Waals surface area (Å²) in [5.41, 5.74) is 0.906. The van der Waals surface area contributed by atoms with E-state index in [1.807, 2.05) is 30.3 Å². The third-order valence-electron chi connectivity index (χ3n) is 2.58. The minimum Gasteiger partial charge on any atom is -0.395 e. The smallest absolute Gasteiger partial charge is 0.234 e. The molecule has 0 aliphatic carbocycles. The number of aliphatic hydroxyl groups is 2. The van der Waals surface area contributed by atoms with Crippen molar-refractivity contribution in [2.45, 2.75) is 0 Å². The number of carbonyl (C=O) groups excluding carboxylic acids is 1. The molecule has 0 bridgehead atoms. The Morgan fingerprint density at radius 3 is 2.40 bits per heavy atom. The number of hydrogen-bond donors (Lipinski definition) is 3. The van der Waals surface area contributed by atoms with E-state index in [1.54, 1.807) is 4.90 Å². The topological polar surface area (TPSA) is 72.8 Å². The van der Waals surface area contributed by atoms with Gasteiger partial charge in [0.25, 0.3) is 0 Å². The molecule has 5 nitrogen and oxygen atoms in total. The zero-order valence-corrected chi connectivity index (χ0v) is 11.4. The van der Waals surface area contributed by atoms with Crippen molar-refractivity contribution in [2.75, 3.05) is 39.4 Å². The Kier molecular flexibility index (Phi) is 8.08. The molecule has 1 aromatic carbocycles. The molecule has 3 N–H and O–H groups in total. The summed E-state index contributed by atoms with van der Waals surface area (Å²) in [6.07, 6.45) is 0. The van der Waals surface area contributed by atoms with Crippen LogP contribution in [-0.4, -0.2) is 60.4 Å². The number of amides is 1. The Balaban J connectivity index is 2.31. The molecule has 0 radical (unpaired) electrons. The quantitative estimate of drug-likeness (QED) is 0.584. The van der Waals surface area contributed by atoms with E-state index in [0.717, 1.165) is 5.56 Å². The molecule has 20 heavy (non-hydrogen) atoms. The molecule has 0 heterocycles. The highest BCUT2D eigenvalue weighted by molar-refractivity contribution is 5.78. The molecule has 0 saturated carbocycles. The molecule has 5 heteroatoms. The molecule has 108 valence electrons. The molecule has 1 rings (SSSR count). The van der Waals surface area contributed by atoms with Gasteiger partial charge in [-0.25, -0.2) is 0 Å². The molecule has 1 aromatic rings. The number of nitrogens with one attached hydrogen (secondary N) is 1. The predicted molar refractivity (Wildman–Crippen MR) is 76.9 cm³/mol. The molecule has 0 fully saturated rings. The maximum absolute atomic E-state index is 11.6. The first kappa shape index (κ1) is 16.2. The fraction of sp³-hybridized carbons (Fsp3) is 0.400.